The van der Waals surface area contributed by atoms with Crippen molar-refractivity contribution in [2.45, 2.75) is 45.1 Å². The topological polar surface area (TPSA) is 24.9 Å². The van der Waals surface area contributed by atoms with Crippen molar-refractivity contribution in [1.82, 2.24) is 10.3 Å². The van der Waals surface area contributed by atoms with Gasteiger partial charge in [0.25, 0.3) is 0 Å². The number of benzene rings is 1. The zero-order valence-electron chi connectivity index (χ0n) is 13.0. The third-order valence-electron chi connectivity index (χ3n) is 4.47. The summed E-state index contributed by atoms with van der Waals surface area (Å²) in [6, 6.07) is 13.7. The predicted molar refractivity (Wildman–Crippen MR) is 87.6 cm³/mol. The number of aromatic nitrogens is 1. The second-order valence-electron chi connectivity index (χ2n) is 5.98. The van der Waals surface area contributed by atoms with Gasteiger partial charge in [0.2, 0.25) is 0 Å². The van der Waals surface area contributed by atoms with Crippen molar-refractivity contribution in [3.63, 3.8) is 0 Å². The fourth-order valence-corrected chi connectivity index (χ4v) is 3.26. The molecular formula is C19H24N2. The molecule has 0 spiro atoms. The van der Waals surface area contributed by atoms with Gasteiger partial charge in [-0.1, -0.05) is 37.3 Å². The van der Waals surface area contributed by atoms with Crippen LogP contribution in [0.25, 0.3) is 0 Å². The van der Waals surface area contributed by atoms with E-state index in [9.17, 15) is 0 Å². The average molecular weight is 280 g/mol. The average Bonchev–Trinajstić information content (AvgIpc) is 2.97. The van der Waals surface area contributed by atoms with Gasteiger partial charge in [0.15, 0.2) is 0 Å². The molecule has 0 saturated heterocycles. The van der Waals surface area contributed by atoms with Crippen molar-refractivity contribution in [2.24, 2.45) is 0 Å². The molecule has 1 heterocycles. The van der Waals surface area contributed by atoms with Crippen LogP contribution in [0.2, 0.25) is 0 Å². The fraction of sp³-hybridized carbons (Fsp3) is 0.421. The van der Waals surface area contributed by atoms with E-state index in [1.54, 1.807) is 0 Å². The van der Waals surface area contributed by atoms with Crippen molar-refractivity contribution in [3.8, 4) is 0 Å². The highest BCUT2D eigenvalue weighted by molar-refractivity contribution is 5.39. The Labute approximate surface area is 127 Å². The standard InChI is InChI=1S/C19H24N2/c1-3-11-20-14(2)16-6-4-7-17(13-16)18-10-9-15-8-5-12-21-19(15)18/h4-8,12-14,18,20H,3,9-11H2,1-2H3. The third-order valence-corrected chi connectivity index (χ3v) is 4.47. The van der Waals surface area contributed by atoms with Gasteiger partial charge in [0.1, 0.15) is 0 Å². The van der Waals surface area contributed by atoms with Crippen molar-refractivity contribution in [1.29, 1.82) is 0 Å². The number of rotatable bonds is 5. The van der Waals surface area contributed by atoms with E-state index in [4.69, 9.17) is 0 Å². The molecule has 2 aromatic rings. The molecule has 2 unspecified atom stereocenters. The van der Waals surface area contributed by atoms with Gasteiger partial charge in [-0.25, -0.2) is 0 Å². The van der Waals surface area contributed by atoms with Crippen LogP contribution >= 0.6 is 0 Å². The van der Waals surface area contributed by atoms with Gasteiger partial charge in [-0.3, -0.25) is 4.98 Å². The number of hydrogen-bond donors (Lipinski definition) is 1. The molecule has 0 radical (unpaired) electrons. The van der Waals surface area contributed by atoms with Gasteiger partial charge < -0.3 is 5.32 Å². The fourth-order valence-electron chi connectivity index (χ4n) is 3.26. The Balaban J connectivity index is 1.84. The Hall–Kier alpha value is -1.67. The molecule has 1 aliphatic carbocycles. The number of nitrogens with zero attached hydrogens (tertiary/aromatic N) is 1. The van der Waals surface area contributed by atoms with Gasteiger partial charge in [-0.15, -0.1) is 0 Å². The third kappa shape index (κ3) is 3.01. The summed E-state index contributed by atoms with van der Waals surface area (Å²) < 4.78 is 0. The molecule has 1 aromatic heterocycles. The van der Waals surface area contributed by atoms with Crippen molar-refractivity contribution in [2.75, 3.05) is 6.54 Å². The maximum atomic E-state index is 4.63. The van der Waals surface area contributed by atoms with Gasteiger partial charge in [-0.2, -0.15) is 0 Å². The molecule has 21 heavy (non-hydrogen) atoms. The summed E-state index contributed by atoms with van der Waals surface area (Å²) in [5.41, 5.74) is 5.49. The second-order valence-corrected chi connectivity index (χ2v) is 5.98. The maximum Gasteiger partial charge on any atom is 0.0510 e. The largest absolute Gasteiger partial charge is 0.310 e. The molecule has 0 aliphatic heterocycles. The smallest absolute Gasteiger partial charge is 0.0510 e. The van der Waals surface area contributed by atoms with Crippen LogP contribution in [-0.2, 0) is 6.42 Å². The summed E-state index contributed by atoms with van der Waals surface area (Å²) in [5.74, 6) is 0.472. The lowest BCUT2D eigenvalue weighted by Gasteiger charge is -2.17. The van der Waals surface area contributed by atoms with Crippen LogP contribution in [0, 0.1) is 0 Å². The van der Waals surface area contributed by atoms with Gasteiger partial charge in [0, 0.05) is 18.2 Å². The summed E-state index contributed by atoms with van der Waals surface area (Å²) in [6.45, 7) is 5.52. The first kappa shape index (κ1) is 14.3. The molecular weight excluding hydrogens is 256 g/mol. The van der Waals surface area contributed by atoms with E-state index in [0.29, 0.717) is 12.0 Å². The summed E-state index contributed by atoms with van der Waals surface area (Å²) in [4.78, 5) is 4.63. The number of nitrogens with one attached hydrogen (secondary N) is 1. The Morgan fingerprint density at radius 3 is 3.05 bits per heavy atom. The van der Waals surface area contributed by atoms with Gasteiger partial charge >= 0.3 is 0 Å². The molecule has 0 amide bonds. The first-order valence-electron chi connectivity index (χ1n) is 8.06. The number of pyridine rings is 1. The highest BCUT2D eigenvalue weighted by Crippen LogP contribution is 2.37. The molecule has 3 rings (SSSR count). The first-order chi connectivity index (χ1) is 10.3. The van der Waals surface area contributed by atoms with Crippen LogP contribution in [-0.4, -0.2) is 11.5 Å². The molecule has 2 nitrogen and oxygen atoms in total. The summed E-state index contributed by atoms with van der Waals surface area (Å²) in [5, 5.41) is 3.57. The number of fused-ring (bicyclic) bond motifs is 1. The zero-order valence-corrected chi connectivity index (χ0v) is 13.0. The van der Waals surface area contributed by atoms with Crippen LogP contribution in [0.5, 0.6) is 0 Å². The van der Waals surface area contributed by atoms with Crippen LogP contribution in [0.1, 0.15) is 61.0 Å². The summed E-state index contributed by atoms with van der Waals surface area (Å²) >= 11 is 0. The monoisotopic (exact) mass is 280 g/mol. The molecule has 1 aliphatic rings. The summed E-state index contributed by atoms with van der Waals surface area (Å²) in [7, 11) is 0. The highest BCUT2D eigenvalue weighted by atomic mass is 14.9. The quantitative estimate of drug-likeness (QED) is 0.887. The molecule has 2 atom stereocenters. The molecule has 0 saturated carbocycles. The lowest BCUT2D eigenvalue weighted by Crippen LogP contribution is -2.19. The van der Waals surface area contributed by atoms with E-state index in [2.05, 4.69) is 54.5 Å². The van der Waals surface area contributed by atoms with Crippen LogP contribution in [0.3, 0.4) is 0 Å². The van der Waals surface area contributed by atoms with Crippen molar-refractivity contribution >= 4 is 0 Å². The molecule has 2 heteroatoms. The molecule has 110 valence electrons. The van der Waals surface area contributed by atoms with Crippen LogP contribution in [0.4, 0.5) is 0 Å². The van der Waals surface area contributed by atoms with Gasteiger partial charge in [-0.05, 0) is 55.5 Å². The Kier molecular flexibility index (Phi) is 4.35. The maximum absolute atomic E-state index is 4.63. The minimum Gasteiger partial charge on any atom is -0.310 e. The number of hydrogen-bond acceptors (Lipinski definition) is 2. The van der Waals surface area contributed by atoms with Gasteiger partial charge in [0.05, 0.1) is 5.69 Å². The van der Waals surface area contributed by atoms with Crippen molar-refractivity contribution < 1.29 is 0 Å². The van der Waals surface area contributed by atoms with E-state index in [0.717, 1.165) is 13.0 Å². The Bertz CT molecular complexity index is 606. The predicted octanol–water partition coefficient (Wildman–Crippen LogP) is 4.22. The van der Waals surface area contributed by atoms with E-state index in [-0.39, 0.29) is 0 Å². The van der Waals surface area contributed by atoms with Crippen LogP contribution < -0.4 is 5.32 Å². The van der Waals surface area contributed by atoms with E-state index in [1.807, 2.05) is 12.3 Å². The Morgan fingerprint density at radius 2 is 2.19 bits per heavy atom. The van der Waals surface area contributed by atoms with E-state index >= 15 is 0 Å². The second kappa shape index (κ2) is 6.40. The molecule has 0 bridgehead atoms. The molecule has 0 fully saturated rings. The first-order valence-corrected chi connectivity index (χ1v) is 8.06. The lowest BCUT2D eigenvalue weighted by atomic mass is 9.93. The molecule has 1 aromatic carbocycles. The minimum atomic E-state index is 0.412. The van der Waals surface area contributed by atoms with E-state index < -0.39 is 0 Å². The lowest BCUT2D eigenvalue weighted by molar-refractivity contribution is 0.569. The Morgan fingerprint density at radius 1 is 1.29 bits per heavy atom. The SMILES string of the molecule is CCCNC(C)c1cccc(C2CCc3cccnc32)c1. The zero-order chi connectivity index (χ0) is 14.7. The molecule has 1 N–H and O–H groups in total. The number of aryl methyl sites for hydroxylation is 1. The summed E-state index contributed by atoms with van der Waals surface area (Å²) in [6.07, 6.45) is 5.44. The van der Waals surface area contributed by atoms with E-state index in [1.165, 1.54) is 35.2 Å². The highest BCUT2D eigenvalue weighted by Gasteiger charge is 2.25. The van der Waals surface area contributed by atoms with Crippen LogP contribution in [0.15, 0.2) is 42.6 Å². The minimum absolute atomic E-state index is 0.412. The van der Waals surface area contributed by atoms with Crippen molar-refractivity contribution in [3.05, 3.63) is 65.0 Å². The normalized spacial score (nSPS) is 18.5.